The number of benzene rings is 1. The van der Waals surface area contributed by atoms with E-state index < -0.39 is 24.5 Å². The zero-order chi connectivity index (χ0) is 19.3. The number of ether oxygens (including phenoxy) is 1. The highest BCUT2D eigenvalue weighted by Gasteiger charge is 2.29. The third-order valence-electron chi connectivity index (χ3n) is 3.51. The molecule has 0 atom stereocenters. The van der Waals surface area contributed by atoms with Crippen molar-refractivity contribution in [3.05, 3.63) is 24.0 Å². The van der Waals surface area contributed by atoms with Gasteiger partial charge in [-0.25, -0.2) is 4.39 Å². The molecule has 2 rings (SSSR count). The summed E-state index contributed by atoms with van der Waals surface area (Å²) in [5.41, 5.74) is -0.0848. The van der Waals surface area contributed by atoms with Crippen molar-refractivity contribution >= 4 is 17.5 Å². The second kappa shape index (κ2) is 8.24. The summed E-state index contributed by atoms with van der Waals surface area (Å²) in [5.74, 6) is -1.70. The second-order valence-corrected chi connectivity index (χ2v) is 5.99. The van der Waals surface area contributed by atoms with Crippen molar-refractivity contribution in [2.45, 2.75) is 25.1 Å². The number of halogens is 4. The largest absolute Gasteiger partial charge is 0.482 e. The number of hydrogen-bond donors (Lipinski definition) is 2. The number of carbonyl (C=O) groups excluding carboxylic acids is 2. The SMILES string of the molecule is CN(CC(=O)NC1CC1)C(=O)CNc1cc(F)ccc1OCC(F)(F)F. The Morgan fingerprint density at radius 1 is 1.31 bits per heavy atom. The molecule has 2 amide bonds. The van der Waals surface area contributed by atoms with E-state index in [4.69, 9.17) is 0 Å². The summed E-state index contributed by atoms with van der Waals surface area (Å²) >= 11 is 0. The monoisotopic (exact) mass is 377 g/mol. The minimum absolute atomic E-state index is 0.0848. The van der Waals surface area contributed by atoms with Gasteiger partial charge in [-0.05, 0) is 25.0 Å². The molecular formula is C16H19F4N3O3. The lowest BCUT2D eigenvalue weighted by atomic mass is 10.2. The number of hydrogen-bond acceptors (Lipinski definition) is 4. The highest BCUT2D eigenvalue weighted by atomic mass is 19.4. The maximum absolute atomic E-state index is 13.3. The summed E-state index contributed by atoms with van der Waals surface area (Å²) in [7, 11) is 1.42. The van der Waals surface area contributed by atoms with Crippen molar-refractivity contribution in [2.24, 2.45) is 0 Å². The quantitative estimate of drug-likeness (QED) is 0.679. The Balaban J connectivity index is 1.89. The molecule has 6 nitrogen and oxygen atoms in total. The normalized spacial score (nSPS) is 13.9. The van der Waals surface area contributed by atoms with Gasteiger partial charge in [0, 0.05) is 19.2 Å². The van der Waals surface area contributed by atoms with Gasteiger partial charge >= 0.3 is 6.18 Å². The molecule has 0 spiro atoms. The molecule has 0 unspecified atom stereocenters. The molecule has 0 aromatic heterocycles. The molecule has 0 heterocycles. The van der Waals surface area contributed by atoms with E-state index in [1.54, 1.807) is 0 Å². The van der Waals surface area contributed by atoms with Gasteiger partial charge in [-0.1, -0.05) is 0 Å². The first-order valence-corrected chi connectivity index (χ1v) is 7.90. The van der Waals surface area contributed by atoms with Crippen LogP contribution in [0.2, 0.25) is 0 Å². The predicted octanol–water partition coefficient (Wildman–Crippen LogP) is 1.92. The van der Waals surface area contributed by atoms with Crippen LogP contribution in [0, 0.1) is 5.82 Å². The molecule has 1 aromatic carbocycles. The summed E-state index contributed by atoms with van der Waals surface area (Å²) in [6, 6.07) is 3.09. The number of likely N-dealkylation sites (N-methyl/N-ethyl adjacent to an activating group) is 1. The van der Waals surface area contributed by atoms with Crippen LogP contribution < -0.4 is 15.4 Å². The standard InChI is InChI=1S/C16H19F4N3O3/c1-23(8-14(24)22-11-3-4-11)15(25)7-21-12-6-10(17)2-5-13(12)26-9-16(18,19)20/h2,5-6,11,21H,3-4,7-9H2,1H3,(H,22,24). The lowest BCUT2D eigenvalue weighted by Gasteiger charge is -2.19. The first-order valence-electron chi connectivity index (χ1n) is 7.90. The van der Waals surface area contributed by atoms with E-state index in [1.807, 2.05) is 0 Å². The third kappa shape index (κ3) is 6.77. The molecule has 1 aromatic rings. The Morgan fingerprint density at radius 3 is 2.62 bits per heavy atom. The van der Waals surface area contributed by atoms with Gasteiger partial charge in [0.1, 0.15) is 11.6 Å². The maximum atomic E-state index is 13.3. The molecule has 0 aliphatic heterocycles. The summed E-state index contributed by atoms with van der Waals surface area (Å²) < 4.78 is 54.8. The fourth-order valence-electron chi connectivity index (χ4n) is 2.04. The fraction of sp³-hybridized carbons (Fsp3) is 0.500. The summed E-state index contributed by atoms with van der Waals surface area (Å²) in [4.78, 5) is 24.9. The average molecular weight is 377 g/mol. The first kappa shape index (κ1) is 19.8. The Bertz CT molecular complexity index is 663. The lowest BCUT2D eigenvalue weighted by molar-refractivity contribution is -0.153. The number of anilines is 1. The van der Waals surface area contributed by atoms with Crippen molar-refractivity contribution in [2.75, 3.05) is 32.1 Å². The van der Waals surface area contributed by atoms with Crippen LogP contribution in [0.15, 0.2) is 18.2 Å². The van der Waals surface area contributed by atoms with Crippen LogP contribution in [0.1, 0.15) is 12.8 Å². The molecule has 10 heteroatoms. The first-order chi connectivity index (χ1) is 12.1. The van der Waals surface area contributed by atoms with E-state index in [-0.39, 0.29) is 36.5 Å². The molecule has 0 saturated heterocycles. The van der Waals surface area contributed by atoms with Crippen LogP contribution >= 0.6 is 0 Å². The third-order valence-corrected chi connectivity index (χ3v) is 3.51. The van der Waals surface area contributed by atoms with Crippen molar-refractivity contribution in [1.29, 1.82) is 0 Å². The smallest absolute Gasteiger partial charge is 0.422 e. The summed E-state index contributed by atoms with van der Waals surface area (Å²) in [6.45, 7) is -2.01. The number of rotatable bonds is 8. The number of nitrogens with zero attached hydrogens (tertiary/aromatic N) is 1. The number of amides is 2. The van der Waals surface area contributed by atoms with Crippen LogP contribution in [-0.2, 0) is 9.59 Å². The highest BCUT2D eigenvalue weighted by molar-refractivity contribution is 5.87. The van der Waals surface area contributed by atoms with Gasteiger partial charge in [-0.3, -0.25) is 9.59 Å². The predicted molar refractivity (Wildman–Crippen MR) is 85.2 cm³/mol. The number of carbonyl (C=O) groups is 2. The maximum Gasteiger partial charge on any atom is 0.422 e. The molecule has 1 aliphatic rings. The topological polar surface area (TPSA) is 70.7 Å². The number of alkyl halides is 3. The minimum atomic E-state index is -4.55. The Hall–Kier alpha value is -2.52. The van der Waals surface area contributed by atoms with Crippen molar-refractivity contribution < 1.29 is 31.9 Å². The summed E-state index contributed by atoms with van der Waals surface area (Å²) in [6.07, 6.45) is -2.70. The van der Waals surface area contributed by atoms with Crippen molar-refractivity contribution in [3.63, 3.8) is 0 Å². The van der Waals surface area contributed by atoms with Gasteiger partial charge in [0.2, 0.25) is 11.8 Å². The zero-order valence-electron chi connectivity index (χ0n) is 14.0. The van der Waals surface area contributed by atoms with E-state index in [0.717, 1.165) is 31.0 Å². The zero-order valence-corrected chi connectivity index (χ0v) is 14.0. The van der Waals surface area contributed by atoms with Crippen molar-refractivity contribution in [3.8, 4) is 5.75 Å². The molecule has 0 radical (unpaired) electrons. The average Bonchev–Trinajstić information content (AvgIpc) is 3.34. The molecule has 1 fully saturated rings. The molecule has 144 valence electrons. The van der Waals surface area contributed by atoms with Crippen LogP contribution in [0.5, 0.6) is 5.75 Å². The molecule has 26 heavy (non-hydrogen) atoms. The van der Waals surface area contributed by atoms with Crippen LogP contribution in [0.25, 0.3) is 0 Å². The van der Waals surface area contributed by atoms with Crippen LogP contribution in [0.3, 0.4) is 0 Å². The van der Waals surface area contributed by atoms with E-state index in [9.17, 15) is 27.2 Å². The Labute approximate surface area is 147 Å². The van der Waals surface area contributed by atoms with E-state index in [0.29, 0.717) is 0 Å². The summed E-state index contributed by atoms with van der Waals surface area (Å²) in [5, 5.41) is 5.27. The van der Waals surface area contributed by atoms with Gasteiger partial charge in [0.05, 0.1) is 18.8 Å². The number of nitrogens with one attached hydrogen (secondary N) is 2. The van der Waals surface area contributed by atoms with Gasteiger partial charge in [-0.15, -0.1) is 0 Å². The minimum Gasteiger partial charge on any atom is -0.482 e. The van der Waals surface area contributed by atoms with Gasteiger partial charge in [0.15, 0.2) is 6.61 Å². The van der Waals surface area contributed by atoms with E-state index in [1.165, 1.54) is 11.9 Å². The second-order valence-electron chi connectivity index (χ2n) is 5.99. The van der Waals surface area contributed by atoms with E-state index >= 15 is 0 Å². The Morgan fingerprint density at radius 2 is 2.00 bits per heavy atom. The molecule has 2 N–H and O–H groups in total. The van der Waals surface area contributed by atoms with Crippen molar-refractivity contribution in [1.82, 2.24) is 10.2 Å². The highest BCUT2D eigenvalue weighted by Crippen LogP contribution is 2.27. The van der Waals surface area contributed by atoms with Gasteiger partial charge < -0.3 is 20.3 Å². The molecular weight excluding hydrogens is 358 g/mol. The van der Waals surface area contributed by atoms with Gasteiger partial charge in [-0.2, -0.15) is 13.2 Å². The Kier molecular flexibility index (Phi) is 6.27. The lowest BCUT2D eigenvalue weighted by Crippen LogP contribution is -2.41. The fourth-order valence-corrected chi connectivity index (χ4v) is 2.04. The van der Waals surface area contributed by atoms with E-state index in [2.05, 4.69) is 15.4 Å². The molecule has 1 aliphatic carbocycles. The van der Waals surface area contributed by atoms with Gasteiger partial charge in [0.25, 0.3) is 0 Å². The molecule has 0 bridgehead atoms. The van der Waals surface area contributed by atoms with Crippen LogP contribution in [0.4, 0.5) is 23.2 Å². The van der Waals surface area contributed by atoms with Crippen LogP contribution in [-0.4, -0.2) is 55.7 Å². The molecule has 1 saturated carbocycles.